The van der Waals surface area contributed by atoms with Gasteiger partial charge in [0.2, 0.25) is 0 Å². The third kappa shape index (κ3) is 1.68. The van der Waals surface area contributed by atoms with Crippen molar-refractivity contribution in [2.45, 2.75) is 64.9 Å². The fourth-order valence-electron chi connectivity index (χ4n) is 6.44. The summed E-state index contributed by atoms with van der Waals surface area (Å²) in [5.41, 5.74) is 1.01. The Kier molecular flexibility index (Phi) is 2.90. The molecular formula is C20H28O2. The third-order valence-corrected chi connectivity index (χ3v) is 8.12. The van der Waals surface area contributed by atoms with Gasteiger partial charge >= 0.3 is 0 Å². The van der Waals surface area contributed by atoms with Crippen LogP contribution in [0.3, 0.4) is 0 Å². The minimum Gasteiger partial charge on any atom is -0.390 e. The van der Waals surface area contributed by atoms with Gasteiger partial charge in [0.1, 0.15) is 0 Å². The van der Waals surface area contributed by atoms with Gasteiger partial charge in [0.15, 0.2) is 5.78 Å². The number of allylic oxidation sites excluding steroid dienone is 4. The maximum absolute atomic E-state index is 11.7. The molecule has 0 spiro atoms. The molecule has 3 saturated carbocycles. The summed E-state index contributed by atoms with van der Waals surface area (Å²) in [5.74, 6) is 2.15. The smallest absolute Gasteiger partial charge is 0.178 e. The number of fused-ring (bicyclic) bond motifs is 5. The lowest BCUT2D eigenvalue weighted by Crippen LogP contribution is -2.53. The molecule has 0 aliphatic heterocycles. The van der Waals surface area contributed by atoms with Gasteiger partial charge in [-0.3, -0.25) is 4.79 Å². The van der Waals surface area contributed by atoms with Crippen molar-refractivity contribution in [3.8, 4) is 0 Å². The van der Waals surface area contributed by atoms with Gasteiger partial charge in [-0.2, -0.15) is 0 Å². The minimum absolute atomic E-state index is 0.0760. The van der Waals surface area contributed by atoms with Gasteiger partial charge in [-0.25, -0.2) is 0 Å². The summed E-state index contributed by atoms with van der Waals surface area (Å²) in [6, 6.07) is 0. The number of hydrogen-bond acceptors (Lipinski definition) is 2. The first kappa shape index (κ1) is 14.7. The average molecular weight is 300 g/mol. The molecule has 0 amide bonds. The molecule has 0 bridgehead atoms. The first-order chi connectivity index (χ1) is 10.3. The molecule has 1 N–H and O–H groups in total. The lowest BCUT2D eigenvalue weighted by atomic mass is 9.47. The van der Waals surface area contributed by atoms with Gasteiger partial charge in [0, 0.05) is 5.41 Å². The molecular weight excluding hydrogens is 272 g/mol. The van der Waals surface area contributed by atoms with Crippen LogP contribution in [-0.2, 0) is 4.79 Å². The highest BCUT2D eigenvalue weighted by Gasteiger charge is 2.61. The summed E-state index contributed by atoms with van der Waals surface area (Å²) in [7, 11) is 0. The van der Waals surface area contributed by atoms with Crippen LogP contribution < -0.4 is 0 Å². The van der Waals surface area contributed by atoms with Crippen molar-refractivity contribution in [1.82, 2.24) is 0 Å². The van der Waals surface area contributed by atoms with Crippen LogP contribution in [0.5, 0.6) is 0 Å². The Morgan fingerprint density at radius 3 is 2.59 bits per heavy atom. The summed E-state index contributed by atoms with van der Waals surface area (Å²) in [6.45, 7) is 6.73. The van der Waals surface area contributed by atoms with E-state index in [-0.39, 0.29) is 16.6 Å². The minimum atomic E-state index is -0.502. The number of carbonyl (C=O) groups excluding carboxylic acids is 1. The predicted octanol–water partition coefficient (Wildman–Crippen LogP) is 4.05. The lowest BCUT2D eigenvalue weighted by Gasteiger charge is -2.57. The van der Waals surface area contributed by atoms with E-state index in [0.717, 1.165) is 19.3 Å². The molecule has 0 radical (unpaired) electrons. The number of ketones is 1. The third-order valence-electron chi connectivity index (χ3n) is 8.12. The first-order valence-corrected chi connectivity index (χ1v) is 8.95. The summed E-state index contributed by atoms with van der Waals surface area (Å²) < 4.78 is 0. The number of rotatable bonds is 0. The zero-order valence-electron chi connectivity index (χ0n) is 14.1. The molecule has 0 aromatic carbocycles. The highest BCUT2D eigenvalue weighted by molar-refractivity contribution is 6.01. The topological polar surface area (TPSA) is 37.3 Å². The van der Waals surface area contributed by atoms with Crippen molar-refractivity contribution >= 4 is 5.78 Å². The Balaban J connectivity index is 1.71. The number of hydrogen-bond donors (Lipinski definition) is 1. The molecule has 0 unspecified atom stereocenters. The normalized spacial score (nSPS) is 53.5. The fourth-order valence-corrected chi connectivity index (χ4v) is 6.44. The van der Waals surface area contributed by atoms with Crippen molar-refractivity contribution in [3.63, 3.8) is 0 Å². The van der Waals surface area contributed by atoms with E-state index in [0.29, 0.717) is 17.8 Å². The van der Waals surface area contributed by atoms with E-state index >= 15 is 0 Å². The van der Waals surface area contributed by atoms with Crippen molar-refractivity contribution < 1.29 is 9.90 Å². The predicted molar refractivity (Wildman–Crippen MR) is 87.2 cm³/mol. The second-order valence-corrected chi connectivity index (χ2v) is 8.87. The Labute approximate surface area is 133 Å². The van der Waals surface area contributed by atoms with Crippen molar-refractivity contribution in [2.75, 3.05) is 0 Å². The summed E-state index contributed by atoms with van der Waals surface area (Å²) in [5, 5.41) is 10.9. The average Bonchev–Trinajstić information content (AvgIpc) is 2.70. The van der Waals surface area contributed by atoms with Crippen molar-refractivity contribution in [1.29, 1.82) is 0 Å². The Bertz CT molecular complexity index is 585. The highest BCUT2D eigenvalue weighted by Crippen LogP contribution is 2.66. The molecule has 22 heavy (non-hydrogen) atoms. The lowest BCUT2D eigenvalue weighted by molar-refractivity contribution is -0.114. The van der Waals surface area contributed by atoms with Gasteiger partial charge in [0.25, 0.3) is 0 Å². The highest BCUT2D eigenvalue weighted by atomic mass is 16.3. The molecule has 4 rings (SSSR count). The summed E-state index contributed by atoms with van der Waals surface area (Å²) >= 11 is 0. The summed E-state index contributed by atoms with van der Waals surface area (Å²) in [6.07, 6.45) is 12.5. The van der Waals surface area contributed by atoms with Crippen LogP contribution in [-0.4, -0.2) is 16.5 Å². The van der Waals surface area contributed by atoms with Gasteiger partial charge < -0.3 is 5.11 Å². The van der Waals surface area contributed by atoms with E-state index in [1.54, 1.807) is 6.08 Å². The molecule has 6 atom stereocenters. The van der Waals surface area contributed by atoms with E-state index in [1.165, 1.54) is 24.8 Å². The van der Waals surface area contributed by atoms with Crippen molar-refractivity contribution in [3.05, 3.63) is 23.8 Å². The van der Waals surface area contributed by atoms with Crippen LogP contribution in [0.15, 0.2) is 23.8 Å². The molecule has 4 aliphatic rings. The van der Waals surface area contributed by atoms with E-state index in [1.807, 2.05) is 6.08 Å². The Morgan fingerprint density at radius 2 is 1.82 bits per heavy atom. The zero-order chi connectivity index (χ0) is 15.8. The molecule has 0 saturated heterocycles. The molecule has 3 fully saturated rings. The molecule has 2 heteroatoms. The van der Waals surface area contributed by atoms with Gasteiger partial charge in [0.05, 0.1) is 5.60 Å². The Morgan fingerprint density at radius 1 is 1.09 bits per heavy atom. The van der Waals surface area contributed by atoms with Gasteiger partial charge in [-0.05, 0) is 80.8 Å². The summed E-state index contributed by atoms with van der Waals surface area (Å²) in [4.78, 5) is 11.7. The number of carbonyl (C=O) groups is 1. The molecule has 0 aromatic heterocycles. The van der Waals surface area contributed by atoms with Crippen molar-refractivity contribution in [2.24, 2.45) is 28.6 Å². The van der Waals surface area contributed by atoms with Crippen LogP contribution >= 0.6 is 0 Å². The second-order valence-electron chi connectivity index (χ2n) is 8.87. The molecule has 120 valence electrons. The molecule has 4 aliphatic carbocycles. The molecule has 0 aromatic rings. The van der Waals surface area contributed by atoms with Gasteiger partial charge in [-0.1, -0.05) is 25.5 Å². The number of aliphatic hydroxyl groups is 1. The fraction of sp³-hybridized carbons (Fsp3) is 0.750. The van der Waals surface area contributed by atoms with Crippen LogP contribution in [0.25, 0.3) is 0 Å². The standard InChI is InChI=1S/C20H28O2/c1-18-9-6-14(21)12-13(18)4-5-15-16(18)7-10-19(2)17(15)8-11-20(19,3)22/h6,9,12,15-17,22H,4-5,7-8,10-11H2,1-3H3/t15-,16-,17-,18+,19-,20+/m1/s1. The van der Waals surface area contributed by atoms with Crippen LogP contribution in [0.4, 0.5) is 0 Å². The zero-order valence-corrected chi connectivity index (χ0v) is 14.1. The van der Waals surface area contributed by atoms with Gasteiger partial charge in [-0.15, -0.1) is 0 Å². The maximum atomic E-state index is 11.7. The monoisotopic (exact) mass is 300 g/mol. The van der Waals surface area contributed by atoms with Crippen LogP contribution in [0.2, 0.25) is 0 Å². The second kappa shape index (κ2) is 4.35. The van der Waals surface area contributed by atoms with E-state index in [9.17, 15) is 9.90 Å². The van der Waals surface area contributed by atoms with E-state index in [2.05, 4.69) is 26.8 Å². The quantitative estimate of drug-likeness (QED) is 0.733. The Hall–Kier alpha value is -0.890. The van der Waals surface area contributed by atoms with E-state index in [4.69, 9.17) is 0 Å². The first-order valence-electron chi connectivity index (χ1n) is 8.95. The van der Waals surface area contributed by atoms with Crippen LogP contribution in [0, 0.1) is 28.6 Å². The SMILES string of the molecule is C[C@]12C=CC(=O)C=C1CC[C@@H]1[C@H]2CC[C@]2(C)[C@@H]1CC[C@]2(C)O. The maximum Gasteiger partial charge on any atom is 0.178 e. The molecule has 2 nitrogen and oxygen atoms in total. The molecule has 0 heterocycles. The van der Waals surface area contributed by atoms with E-state index < -0.39 is 5.60 Å². The van der Waals surface area contributed by atoms with Crippen LogP contribution in [0.1, 0.15) is 59.3 Å². The largest absolute Gasteiger partial charge is 0.390 e.